The summed E-state index contributed by atoms with van der Waals surface area (Å²) in [5.41, 5.74) is 1.86. The number of halogens is 1. The SMILES string of the molecule is N#CC1CSCN1C(=O)CNC(=O)c1ccnc2cc(Cl)c(N3CCOCC3)cc12. The fourth-order valence-electron chi connectivity index (χ4n) is 3.55. The Hall–Kier alpha value is -2.54. The molecule has 2 fully saturated rings. The fraction of sp³-hybridized carbons (Fsp3) is 0.400. The Bertz CT molecular complexity index is 1020. The number of nitrogens with one attached hydrogen (secondary N) is 1. The Morgan fingerprint density at radius 1 is 1.37 bits per heavy atom. The van der Waals surface area contributed by atoms with Gasteiger partial charge in [-0.15, -0.1) is 11.8 Å². The highest BCUT2D eigenvalue weighted by Crippen LogP contribution is 2.32. The van der Waals surface area contributed by atoms with E-state index in [4.69, 9.17) is 21.6 Å². The van der Waals surface area contributed by atoms with E-state index in [1.165, 1.54) is 16.7 Å². The zero-order chi connectivity index (χ0) is 21.1. The first-order valence-electron chi connectivity index (χ1n) is 9.54. The summed E-state index contributed by atoms with van der Waals surface area (Å²) in [6.07, 6.45) is 1.55. The standard InChI is InChI=1S/C20H20ClN5O3S/c21-16-8-17-15(7-18(16)25-3-5-29-6-4-25)14(1-2-23-17)20(28)24-10-19(27)26-12-30-11-13(26)9-22/h1-2,7-8,13H,3-6,10-12H2,(H,24,28). The van der Waals surface area contributed by atoms with E-state index >= 15 is 0 Å². The molecule has 2 aliphatic heterocycles. The van der Waals surface area contributed by atoms with Crippen molar-refractivity contribution in [3.63, 3.8) is 0 Å². The van der Waals surface area contributed by atoms with Crippen LogP contribution in [0, 0.1) is 11.3 Å². The Labute approximate surface area is 183 Å². The van der Waals surface area contributed by atoms with Gasteiger partial charge in [0.2, 0.25) is 5.91 Å². The lowest BCUT2D eigenvalue weighted by atomic mass is 10.1. The number of pyridine rings is 1. The van der Waals surface area contributed by atoms with Crippen LogP contribution in [0.3, 0.4) is 0 Å². The molecular formula is C20H20ClN5O3S. The number of amides is 2. The molecule has 3 heterocycles. The number of anilines is 1. The summed E-state index contributed by atoms with van der Waals surface area (Å²) >= 11 is 8.00. The van der Waals surface area contributed by atoms with Crippen LogP contribution in [-0.2, 0) is 9.53 Å². The van der Waals surface area contributed by atoms with Crippen LogP contribution >= 0.6 is 23.4 Å². The van der Waals surface area contributed by atoms with E-state index in [-0.39, 0.29) is 18.4 Å². The molecule has 1 atom stereocenters. The number of aromatic nitrogens is 1. The van der Waals surface area contributed by atoms with Gasteiger partial charge in [0.05, 0.1) is 53.5 Å². The molecule has 2 amide bonds. The van der Waals surface area contributed by atoms with Crippen molar-refractivity contribution in [2.45, 2.75) is 6.04 Å². The first-order chi connectivity index (χ1) is 14.6. The zero-order valence-electron chi connectivity index (χ0n) is 16.1. The number of benzene rings is 1. The second kappa shape index (κ2) is 9.08. The van der Waals surface area contributed by atoms with Gasteiger partial charge in [0.1, 0.15) is 6.04 Å². The number of nitrogens with zero attached hydrogens (tertiary/aromatic N) is 4. The number of fused-ring (bicyclic) bond motifs is 1. The van der Waals surface area contributed by atoms with Gasteiger partial charge in [0.15, 0.2) is 0 Å². The van der Waals surface area contributed by atoms with E-state index in [0.29, 0.717) is 46.3 Å². The van der Waals surface area contributed by atoms with Gasteiger partial charge >= 0.3 is 0 Å². The van der Waals surface area contributed by atoms with Crippen LogP contribution in [0.15, 0.2) is 24.4 Å². The molecule has 30 heavy (non-hydrogen) atoms. The Kier molecular flexibility index (Phi) is 6.27. The largest absolute Gasteiger partial charge is 0.378 e. The molecule has 2 aliphatic rings. The second-order valence-electron chi connectivity index (χ2n) is 6.97. The number of morpholine rings is 1. The summed E-state index contributed by atoms with van der Waals surface area (Å²) in [6.45, 7) is 2.51. The molecule has 1 unspecified atom stereocenters. The summed E-state index contributed by atoms with van der Waals surface area (Å²) in [5, 5.41) is 13.1. The zero-order valence-corrected chi connectivity index (χ0v) is 17.7. The summed E-state index contributed by atoms with van der Waals surface area (Å²) < 4.78 is 5.40. The van der Waals surface area contributed by atoms with E-state index in [1.807, 2.05) is 6.07 Å². The molecule has 4 rings (SSSR count). The van der Waals surface area contributed by atoms with Gasteiger partial charge in [-0.05, 0) is 18.2 Å². The average molecular weight is 446 g/mol. The minimum absolute atomic E-state index is 0.161. The highest BCUT2D eigenvalue weighted by Gasteiger charge is 2.29. The van der Waals surface area contributed by atoms with Gasteiger partial charge in [-0.25, -0.2) is 0 Å². The molecule has 0 radical (unpaired) electrons. The van der Waals surface area contributed by atoms with Crippen LogP contribution in [0.5, 0.6) is 0 Å². The third kappa shape index (κ3) is 4.17. The number of rotatable bonds is 4. The van der Waals surface area contributed by atoms with Crippen molar-refractivity contribution in [2.24, 2.45) is 0 Å². The molecule has 0 saturated carbocycles. The van der Waals surface area contributed by atoms with Crippen LogP contribution in [0.4, 0.5) is 5.69 Å². The molecule has 0 aliphatic carbocycles. The van der Waals surface area contributed by atoms with E-state index in [2.05, 4.69) is 21.3 Å². The summed E-state index contributed by atoms with van der Waals surface area (Å²) in [4.78, 5) is 33.2. The van der Waals surface area contributed by atoms with Crippen molar-refractivity contribution in [3.05, 3.63) is 35.0 Å². The lowest BCUT2D eigenvalue weighted by Gasteiger charge is -2.29. The smallest absolute Gasteiger partial charge is 0.252 e. The molecule has 0 bridgehead atoms. The number of carbonyl (C=O) groups excluding carboxylic acids is 2. The summed E-state index contributed by atoms with van der Waals surface area (Å²) in [7, 11) is 0. The average Bonchev–Trinajstić information content (AvgIpc) is 3.26. The topological polar surface area (TPSA) is 98.6 Å². The molecule has 1 aromatic carbocycles. The third-order valence-electron chi connectivity index (χ3n) is 5.16. The first-order valence-corrected chi connectivity index (χ1v) is 11.1. The molecule has 2 saturated heterocycles. The maximum absolute atomic E-state index is 12.9. The molecule has 156 valence electrons. The first kappa shape index (κ1) is 20.7. The van der Waals surface area contributed by atoms with E-state index in [0.717, 1.165) is 18.8 Å². The van der Waals surface area contributed by atoms with Gasteiger partial charge in [0, 0.05) is 30.4 Å². The van der Waals surface area contributed by atoms with Crippen molar-refractivity contribution >= 4 is 51.8 Å². The fourth-order valence-corrected chi connectivity index (χ4v) is 4.93. The number of ether oxygens (including phenoxy) is 1. The lowest BCUT2D eigenvalue weighted by Crippen LogP contribution is -2.42. The number of nitriles is 1. The van der Waals surface area contributed by atoms with Crippen LogP contribution in [0.2, 0.25) is 5.02 Å². The second-order valence-corrected chi connectivity index (χ2v) is 8.38. The van der Waals surface area contributed by atoms with Crippen molar-refractivity contribution in [1.82, 2.24) is 15.2 Å². The number of carbonyl (C=O) groups is 2. The normalized spacial score (nSPS) is 19.0. The van der Waals surface area contributed by atoms with Crippen LogP contribution < -0.4 is 10.2 Å². The molecule has 2 aromatic rings. The number of thioether (sulfide) groups is 1. The van der Waals surface area contributed by atoms with Crippen LogP contribution in [0.25, 0.3) is 10.9 Å². The maximum Gasteiger partial charge on any atom is 0.252 e. The Morgan fingerprint density at radius 2 is 2.17 bits per heavy atom. The quantitative estimate of drug-likeness (QED) is 0.767. The Morgan fingerprint density at radius 3 is 2.93 bits per heavy atom. The van der Waals surface area contributed by atoms with Gasteiger partial charge in [-0.3, -0.25) is 14.6 Å². The summed E-state index contributed by atoms with van der Waals surface area (Å²) in [6, 6.07) is 6.92. The maximum atomic E-state index is 12.9. The lowest BCUT2D eigenvalue weighted by molar-refractivity contribution is -0.129. The predicted molar refractivity (Wildman–Crippen MR) is 116 cm³/mol. The molecule has 10 heteroatoms. The van der Waals surface area contributed by atoms with Crippen molar-refractivity contribution in [2.75, 3.05) is 49.4 Å². The highest BCUT2D eigenvalue weighted by molar-refractivity contribution is 7.99. The molecule has 1 N–H and O–H groups in total. The van der Waals surface area contributed by atoms with Gasteiger partial charge in [-0.1, -0.05) is 11.6 Å². The molecule has 0 spiro atoms. The number of hydrogen-bond donors (Lipinski definition) is 1. The summed E-state index contributed by atoms with van der Waals surface area (Å²) in [5.74, 6) is 0.421. The van der Waals surface area contributed by atoms with Crippen molar-refractivity contribution < 1.29 is 14.3 Å². The number of hydrogen-bond acceptors (Lipinski definition) is 7. The minimum atomic E-state index is -0.445. The third-order valence-corrected chi connectivity index (χ3v) is 6.47. The minimum Gasteiger partial charge on any atom is -0.378 e. The van der Waals surface area contributed by atoms with Gasteiger partial charge in [0.25, 0.3) is 5.91 Å². The molecular weight excluding hydrogens is 426 g/mol. The van der Waals surface area contributed by atoms with Gasteiger partial charge < -0.3 is 19.9 Å². The Balaban J connectivity index is 1.55. The van der Waals surface area contributed by atoms with Crippen LogP contribution in [-0.4, -0.2) is 72.2 Å². The van der Waals surface area contributed by atoms with Crippen molar-refractivity contribution in [1.29, 1.82) is 5.26 Å². The van der Waals surface area contributed by atoms with E-state index < -0.39 is 6.04 Å². The van der Waals surface area contributed by atoms with Crippen LogP contribution in [0.1, 0.15) is 10.4 Å². The van der Waals surface area contributed by atoms with Crippen molar-refractivity contribution in [3.8, 4) is 6.07 Å². The predicted octanol–water partition coefficient (Wildman–Crippen LogP) is 1.88. The monoisotopic (exact) mass is 445 g/mol. The molecule has 1 aromatic heterocycles. The van der Waals surface area contributed by atoms with Gasteiger partial charge in [-0.2, -0.15) is 5.26 Å². The van der Waals surface area contributed by atoms with E-state index in [1.54, 1.807) is 18.3 Å². The highest BCUT2D eigenvalue weighted by atomic mass is 35.5. The molecule has 8 nitrogen and oxygen atoms in total. The van der Waals surface area contributed by atoms with E-state index in [9.17, 15) is 9.59 Å².